The Hall–Kier alpha value is -1.02. The predicted octanol–water partition coefficient (Wildman–Crippen LogP) is 2.71. The monoisotopic (exact) mass is 219 g/mol. The van der Waals surface area contributed by atoms with Gasteiger partial charge in [0.15, 0.2) is 0 Å². The number of phenols is 1. The molecule has 0 aliphatic heterocycles. The van der Waals surface area contributed by atoms with E-state index in [1.165, 1.54) is 18.4 Å². The van der Waals surface area contributed by atoms with Crippen LogP contribution in [0.15, 0.2) is 24.3 Å². The number of rotatable bonds is 5. The van der Waals surface area contributed by atoms with Crippen molar-refractivity contribution in [1.82, 2.24) is 5.32 Å². The fourth-order valence-corrected chi connectivity index (χ4v) is 1.99. The van der Waals surface area contributed by atoms with Gasteiger partial charge in [-0.1, -0.05) is 26.0 Å². The van der Waals surface area contributed by atoms with E-state index in [4.69, 9.17) is 0 Å². The van der Waals surface area contributed by atoms with Gasteiger partial charge in [-0.15, -0.1) is 0 Å². The largest absolute Gasteiger partial charge is 0.508 e. The summed E-state index contributed by atoms with van der Waals surface area (Å²) >= 11 is 0. The standard InChI is InChI=1S/C14H21NO/c1-14(2,10-15-12-6-7-12)9-11-4-3-5-13(16)8-11/h3-5,8,12,15-16H,6-7,9-10H2,1-2H3. The molecule has 1 aliphatic carbocycles. The minimum absolute atomic E-state index is 0.246. The first-order chi connectivity index (χ1) is 7.55. The summed E-state index contributed by atoms with van der Waals surface area (Å²) in [7, 11) is 0. The second-order valence-electron chi connectivity index (χ2n) is 5.67. The molecule has 0 aromatic heterocycles. The Balaban J connectivity index is 1.90. The molecule has 0 radical (unpaired) electrons. The highest BCUT2D eigenvalue weighted by Gasteiger charge is 2.25. The second-order valence-corrected chi connectivity index (χ2v) is 5.67. The van der Waals surface area contributed by atoms with E-state index in [0.717, 1.165) is 19.0 Å². The van der Waals surface area contributed by atoms with Crippen LogP contribution in [0.25, 0.3) is 0 Å². The van der Waals surface area contributed by atoms with Gasteiger partial charge in [-0.2, -0.15) is 0 Å². The van der Waals surface area contributed by atoms with Crippen LogP contribution in [0.2, 0.25) is 0 Å². The lowest BCUT2D eigenvalue weighted by Crippen LogP contribution is -2.32. The molecule has 1 saturated carbocycles. The molecular weight excluding hydrogens is 198 g/mol. The van der Waals surface area contributed by atoms with Crippen LogP contribution < -0.4 is 5.32 Å². The first-order valence-electron chi connectivity index (χ1n) is 6.06. The zero-order valence-electron chi connectivity index (χ0n) is 10.2. The topological polar surface area (TPSA) is 32.3 Å². The number of hydrogen-bond donors (Lipinski definition) is 2. The summed E-state index contributed by atoms with van der Waals surface area (Å²) < 4.78 is 0. The van der Waals surface area contributed by atoms with E-state index in [1.807, 2.05) is 12.1 Å². The molecule has 0 spiro atoms. The van der Waals surface area contributed by atoms with Gasteiger partial charge in [-0.05, 0) is 42.4 Å². The molecule has 0 amide bonds. The molecule has 0 saturated heterocycles. The van der Waals surface area contributed by atoms with Crippen molar-refractivity contribution >= 4 is 0 Å². The van der Waals surface area contributed by atoms with Gasteiger partial charge in [0.25, 0.3) is 0 Å². The van der Waals surface area contributed by atoms with Crippen LogP contribution in [0.4, 0.5) is 0 Å². The molecule has 2 rings (SSSR count). The molecule has 2 heteroatoms. The summed E-state index contributed by atoms with van der Waals surface area (Å²) in [6.07, 6.45) is 3.67. The first kappa shape index (κ1) is 11.5. The van der Waals surface area contributed by atoms with Gasteiger partial charge in [-0.3, -0.25) is 0 Å². The van der Waals surface area contributed by atoms with Crippen LogP contribution in [0.3, 0.4) is 0 Å². The average Bonchev–Trinajstić information content (AvgIpc) is 2.97. The van der Waals surface area contributed by atoms with Gasteiger partial charge in [0.1, 0.15) is 5.75 Å². The van der Waals surface area contributed by atoms with Crippen LogP contribution >= 0.6 is 0 Å². The summed E-state index contributed by atoms with van der Waals surface area (Å²) in [6, 6.07) is 8.34. The van der Waals surface area contributed by atoms with Crippen molar-refractivity contribution in [1.29, 1.82) is 0 Å². The van der Waals surface area contributed by atoms with Crippen molar-refractivity contribution in [2.45, 2.75) is 39.2 Å². The normalized spacial score (nSPS) is 16.4. The van der Waals surface area contributed by atoms with Gasteiger partial charge in [0.2, 0.25) is 0 Å². The van der Waals surface area contributed by atoms with Crippen molar-refractivity contribution in [3.8, 4) is 5.75 Å². The molecule has 1 aromatic rings. The number of aromatic hydroxyl groups is 1. The highest BCUT2D eigenvalue weighted by molar-refractivity contribution is 5.27. The quantitative estimate of drug-likeness (QED) is 0.798. The van der Waals surface area contributed by atoms with Crippen molar-refractivity contribution in [2.24, 2.45) is 5.41 Å². The smallest absolute Gasteiger partial charge is 0.115 e. The van der Waals surface area contributed by atoms with Crippen molar-refractivity contribution < 1.29 is 5.11 Å². The minimum atomic E-state index is 0.246. The van der Waals surface area contributed by atoms with Gasteiger partial charge in [0, 0.05) is 12.6 Å². The maximum Gasteiger partial charge on any atom is 0.115 e. The van der Waals surface area contributed by atoms with E-state index in [0.29, 0.717) is 5.75 Å². The van der Waals surface area contributed by atoms with E-state index in [9.17, 15) is 5.11 Å². The van der Waals surface area contributed by atoms with Crippen LogP contribution in [0.5, 0.6) is 5.75 Å². The first-order valence-corrected chi connectivity index (χ1v) is 6.06. The molecule has 1 fully saturated rings. The average molecular weight is 219 g/mol. The number of benzene rings is 1. The predicted molar refractivity (Wildman–Crippen MR) is 66.6 cm³/mol. The lowest BCUT2D eigenvalue weighted by atomic mass is 9.85. The van der Waals surface area contributed by atoms with Crippen molar-refractivity contribution in [2.75, 3.05) is 6.54 Å². The molecule has 1 aromatic carbocycles. The Bertz CT molecular complexity index is 356. The molecule has 1 aliphatic rings. The van der Waals surface area contributed by atoms with Crippen LogP contribution in [-0.2, 0) is 6.42 Å². The van der Waals surface area contributed by atoms with Crippen molar-refractivity contribution in [3.63, 3.8) is 0 Å². The summed E-state index contributed by atoms with van der Waals surface area (Å²) in [5, 5.41) is 13.0. The van der Waals surface area contributed by atoms with E-state index < -0.39 is 0 Å². The molecule has 88 valence electrons. The second kappa shape index (κ2) is 4.46. The third-order valence-electron chi connectivity index (χ3n) is 3.04. The van der Waals surface area contributed by atoms with E-state index >= 15 is 0 Å². The summed E-state index contributed by atoms with van der Waals surface area (Å²) in [5.74, 6) is 0.364. The third-order valence-corrected chi connectivity index (χ3v) is 3.04. The summed E-state index contributed by atoms with van der Waals surface area (Å²) in [4.78, 5) is 0. The molecule has 0 unspecified atom stereocenters. The summed E-state index contributed by atoms with van der Waals surface area (Å²) in [5.41, 5.74) is 1.46. The minimum Gasteiger partial charge on any atom is -0.508 e. The molecule has 2 N–H and O–H groups in total. The fourth-order valence-electron chi connectivity index (χ4n) is 1.99. The van der Waals surface area contributed by atoms with Gasteiger partial charge >= 0.3 is 0 Å². The SMILES string of the molecule is CC(C)(CNC1CC1)Cc1cccc(O)c1. The van der Waals surface area contributed by atoms with E-state index in [2.05, 4.69) is 25.2 Å². The Labute approximate surface area is 97.7 Å². The maximum absolute atomic E-state index is 9.42. The molecular formula is C14H21NO. The van der Waals surface area contributed by atoms with Gasteiger partial charge in [-0.25, -0.2) is 0 Å². The van der Waals surface area contributed by atoms with E-state index in [-0.39, 0.29) is 5.41 Å². The number of phenolic OH excluding ortho intramolecular Hbond substituents is 1. The Kier molecular flexibility index (Phi) is 3.20. The van der Waals surface area contributed by atoms with Crippen LogP contribution in [-0.4, -0.2) is 17.7 Å². The highest BCUT2D eigenvalue weighted by Crippen LogP contribution is 2.25. The van der Waals surface area contributed by atoms with Gasteiger partial charge < -0.3 is 10.4 Å². The lowest BCUT2D eigenvalue weighted by molar-refractivity contribution is 0.336. The Morgan fingerprint density at radius 3 is 2.75 bits per heavy atom. The van der Waals surface area contributed by atoms with Gasteiger partial charge in [0.05, 0.1) is 0 Å². The molecule has 2 nitrogen and oxygen atoms in total. The Morgan fingerprint density at radius 2 is 2.12 bits per heavy atom. The maximum atomic E-state index is 9.42. The van der Waals surface area contributed by atoms with Crippen LogP contribution in [0, 0.1) is 5.41 Å². The lowest BCUT2D eigenvalue weighted by Gasteiger charge is -2.25. The van der Waals surface area contributed by atoms with E-state index in [1.54, 1.807) is 6.07 Å². The molecule has 0 bridgehead atoms. The zero-order chi connectivity index (χ0) is 11.6. The fraction of sp³-hybridized carbons (Fsp3) is 0.571. The highest BCUT2D eigenvalue weighted by atomic mass is 16.3. The molecule has 0 heterocycles. The Morgan fingerprint density at radius 1 is 1.38 bits per heavy atom. The number of nitrogens with one attached hydrogen (secondary N) is 1. The van der Waals surface area contributed by atoms with Crippen LogP contribution in [0.1, 0.15) is 32.3 Å². The zero-order valence-corrected chi connectivity index (χ0v) is 10.2. The third kappa shape index (κ3) is 3.53. The molecule has 0 atom stereocenters. The molecule has 16 heavy (non-hydrogen) atoms. The van der Waals surface area contributed by atoms with Crippen molar-refractivity contribution in [3.05, 3.63) is 29.8 Å². The summed E-state index contributed by atoms with van der Waals surface area (Å²) in [6.45, 7) is 5.59. The number of hydrogen-bond acceptors (Lipinski definition) is 2.